The van der Waals surface area contributed by atoms with E-state index in [1.807, 2.05) is 0 Å². The van der Waals surface area contributed by atoms with Crippen molar-refractivity contribution in [3.63, 3.8) is 0 Å². The molecule has 1 heterocycles. The molecule has 0 radical (unpaired) electrons. The standard InChI is InChI=1S/C5H6N2O2/c1-9-4-2-6-3-7-5(4)8/h2-4H,1H3/t4-/m1/s1. The van der Waals surface area contributed by atoms with Crippen LogP contribution in [0, 0.1) is 0 Å². The highest BCUT2D eigenvalue weighted by Crippen LogP contribution is 1.93. The Morgan fingerprint density at radius 3 is 3.00 bits per heavy atom. The fourth-order valence-electron chi connectivity index (χ4n) is 0.506. The average Bonchev–Trinajstić information content (AvgIpc) is 1.89. The van der Waals surface area contributed by atoms with E-state index in [1.165, 1.54) is 19.7 Å². The van der Waals surface area contributed by atoms with Crippen LogP contribution in [0.25, 0.3) is 0 Å². The first-order valence-electron chi connectivity index (χ1n) is 2.47. The van der Waals surface area contributed by atoms with Crippen molar-refractivity contribution in [2.24, 2.45) is 9.98 Å². The van der Waals surface area contributed by atoms with Crippen LogP contribution in [0.5, 0.6) is 0 Å². The van der Waals surface area contributed by atoms with Gasteiger partial charge in [-0.05, 0) is 0 Å². The van der Waals surface area contributed by atoms with E-state index in [9.17, 15) is 4.79 Å². The number of aliphatic imine (C=N–C) groups is 2. The molecule has 0 N–H and O–H groups in total. The van der Waals surface area contributed by atoms with E-state index in [-0.39, 0.29) is 5.91 Å². The minimum absolute atomic E-state index is 0.299. The van der Waals surface area contributed by atoms with Gasteiger partial charge in [0.1, 0.15) is 6.34 Å². The van der Waals surface area contributed by atoms with E-state index in [0.717, 1.165) is 0 Å². The molecule has 0 spiro atoms. The molecule has 0 aromatic heterocycles. The Morgan fingerprint density at radius 2 is 2.56 bits per heavy atom. The highest BCUT2D eigenvalue weighted by atomic mass is 16.5. The van der Waals surface area contributed by atoms with Gasteiger partial charge in [0.25, 0.3) is 5.91 Å². The first kappa shape index (κ1) is 6.10. The predicted molar refractivity (Wildman–Crippen MR) is 32.8 cm³/mol. The Balaban J connectivity index is 2.66. The number of amides is 1. The summed E-state index contributed by atoms with van der Waals surface area (Å²) in [5, 5.41) is 0. The lowest BCUT2D eigenvalue weighted by molar-refractivity contribution is -0.123. The number of rotatable bonds is 1. The molecule has 0 saturated carbocycles. The Hall–Kier alpha value is -1.03. The lowest BCUT2D eigenvalue weighted by Crippen LogP contribution is -2.24. The van der Waals surface area contributed by atoms with Crippen LogP contribution in [0.15, 0.2) is 9.98 Å². The highest BCUT2D eigenvalue weighted by Gasteiger charge is 2.14. The summed E-state index contributed by atoms with van der Waals surface area (Å²) >= 11 is 0. The number of nitrogens with zero attached hydrogens (tertiary/aromatic N) is 2. The summed E-state index contributed by atoms with van der Waals surface area (Å²) < 4.78 is 4.69. The minimum Gasteiger partial charge on any atom is -0.366 e. The molecule has 0 aromatic carbocycles. The molecule has 0 fully saturated rings. The third-order valence-electron chi connectivity index (χ3n) is 0.970. The number of methoxy groups -OCH3 is 1. The zero-order valence-corrected chi connectivity index (χ0v) is 4.94. The van der Waals surface area contributed by atoms with Gasteiger partial charge in [0.15, 0.2) is 6.10 Å². The van der Waals surface area contributed by atoms with Gasteiger partial charge in [-0.25, -0.2) is 4.99 Å². The zero-order chi connectivity index (χ0) is 6.69. The number of hydrogen-bond donors (Lipinski definition) is 0. The van der Waals surface area contributed by atoms with Crippen molar-refractivity contribution in [3.05, 3.63) is 0 Å². The van der Waals surface area contributed by atoms with Gasteiger partial charge in [0.2, 0.25) is 0 Å². The smallest absolute Gasteiger partial charge is 0.281 e. The normalized spacial score (nSPS) is 25.0. The van der Waals surface area contributed by atoms with Crippen molar-refractivity contribution in [2.45, 2.75) is 6.10 Å². The fourth-order valence-corrected chi connectivity index (χ4v) is 0.506. The third kappa shape index (κ3) is 1.20. The monoisotopic (exact) mass is 126 g/mol. The van der Waals surface area contributed by atoms with Crippen LogP contribution in [-0.4, -0.2) is 31.7 Å². The first-order chi connectivity index (χ1) is 4.34. The molecule has 48 valence electrons. The molecule has 0 aromatic rings. The van der Waals surface area contributed by atoms with Crippen LogP contribution in [0.2, 0.25) is 0 Å². The van der Waals surface area contributed by atoms with Crippen molar-refractivity contribution in [1.82, 2.24) is 0 Å². The summed E-state index contributed by atoms with van der Waals surface area (Å²) in [6.07, 6.45) is 2.04. The van der Waals surface area contributed by atoms with Gasteiger partial charge >= 0.3 is 0 Å². The molecule has 1 aliphatic heterocycles. The Bertz CT molecular complexity index is 174. The van der Waals surface area contributed by atoms with Gasteiger partial charge in [-0.1, -0.05) is 0 Å². The second-order valence-electron chi connectivity index (χ2n) is 1.54. The second-order valence-corrected chi connectivity index (χ2v) is 1.54. The summed E-state index contributed by atoms with van der Waals surface area (Å²) in [5.41, 5.74) is 0. The summed E-state index contributed by atoms with van der Waals surface area (Å²) in [7, 11) is 1.44. The molecule has 4 heteroatoms. The van der Waals surface area contributed by atoms with E-state index in [1.54, 1.807) is 0 Å². The van der Waals surface area contributed by atoms with E-state index in [2.05, 4.69) is 9.98 Å². The van der Waals surface area contributed by atoms with Crippen LogP contribution in [0.4, 0.5) is 0 Å². The van der Waals surface area contributed by atoms with Gasteiger partial charge in [0, 0.05) is 13.3 Å². The quantitative estimate of drug-likeness (QED) is 0.481. The lowest BCUT2D eigenvalue weighted by atomic mass is 10.3. The van der Waals surface area contributed by atoms with E-state index < -0.39 is 6.10 Å². The van der Waals surface area contributed by atoms with Crippen LogP contribution in [-0.2, 0) is 9.53 Å². The molecule has 1 aliphatic rings. The molecular weight excluding hydrogens is 120 g/mol. The fraction of sp³-hybridized carbons (Fsp3) is 0.400. The molecule has 0 saturated heterocycles. The van der Waals surface area contributed by atoms with Crippen LogP contribution in [0.1, 0.15) is 0 Å². The Kier molecular flexibility index (Phi) is 1.69. The molecule has 0 aliphatic carbocycles. The molecule has 0 unspecified atom stereocenters. The number of hydrogen-bond acceptors (Lipinski definition) is 3. The van der Waals surface area contributed by atoms with Gasteiger partial charge < -0.3 is 4.74 Å². The Morgan fingerprint density at radius 1 is 1.78 bits per heavy atom. The van der Waals surface area contributed by atoms with Crippen molar-refractivity contribution >= 4 is 18.5 Å². The first-order valence-corrected chi connectivity index (χ1v) is 2.47. The lowest BCUT2D eigenvalue weighted by Gasteiger charge is -2.05. The third-order valence-corrected chi connectivity index (χ3v) is 0.970. The highest BCUT2D eigenvalue weighted by molar-refractivity contribution is 6.04. The number of ether oxygens (including phenoxy) is 1. The van der Waals surface area contributed by atoms with E-state index in [0.29, 0.717) is 0 Å². The minimum atomic E-state index is -0.574. The van der Waals surface area contributed by atoms with Gasteiger partial charge in [-0.2, -0.15) is 4.99 Å². The maximum absolute atomic E-state index is 10.6. The molecule has 1 rings (SSSR count). The van der Waals surface area contributed by atoms with Crippen molar-refractivity contribution in [3.8, 4) is 0 Å². The topological polar surface area (TPSA) is 51.0 Å². The van der Waals surface area contributed by atoms with Gasteiger partial charge in [-0.3, -0.25) is 4.79 Å². The maximum Gasteiger partial charge on any atom is 0.281 e. The molecule has 9 heavy (non-hydrogen) atoms. The van der Waals surface area contributed by atoms with Crippen molar-refractivity contribution in [1.29, 1.82) is 0 Å². The Labute approximate surface area is 52.3 Å². The van der Waals surface area contributed by atoms with Crippen molar-refractivity contribution < 1.29 is 9.53 Å². The largest absolute Gasteiger partial charge is 0.366 e. The number of carbonyl (C=O) groups excluding carboxylic acids is 1. The molecule has 1 amide bonds. The van der Waals surface area contributed by atoms with Crippen molar-refractivity contribution in [2.75, 3.05) is 7.11 Å². The molecule has 1 atom stereocenters. The average molecular weight is 126 g/mol. The predicted octanol–water partition coefficient (Wildman–Crippen LogP) is -0.359. The molecule has 4 nitrogen and oxygen atoms in total. The summed E-state index contributed by atoms with van der Waals surface area (Å²) in [6, 6.07) is 0. The summed E-state index contributed by atoms with van der Waals surface area (Å²) in [4.78, 5) is 17.6. The van der Waals surface area contributed by atoms with Crippen LogP contribution in [0.3, 0.4) is 0 Å². The zero-order valence-electron chi connectivity index (χ0n) is 4.94. The van der Waals surface area contributed by atoms with E-state index in [4.69, 9.17) is 4.74 Å². The number of carbonyl (C=O) groups is 1. The second kappa shape index (κ2) is 2.50. The maximum atomic E-state index is 10.6. The summed E-state index contributed by atoms with van der Waals surface area (Å²) in [5.74, 6) is -0.299. The van der Waals surface area contributed by atoms with Gasteiger partial charge in [0.05, 0.1) is 0 Å². The molecular formula is C5H6N2O2. The van der Waals surface area contributed by atoms with Gasteiger partial charge in [-0.15, -0.1) is 0 Å². The summed E-state index contributed by atoms with van der Waals surface area (Å²) in [6.45, 7) is 0. The van der Waals surface area contributed by atoms with E-state index >= 15 is 0 Å². The van der Waals surface area contributed by atoms with Crippen LogP contribution >= 0.6 is 0 Å². The van der Waals surface area contributed by atoms with Crippen LogP contribution < -0.4 is 0 Å². The SMILES string of the molecule is CO[C@@H]1C=NC=NC1=O. The molecule has 0 bridgehead atoms.